The molecule has 2 aromatic heterocycles. The number of anilines is 1. The molecular weight excluding hydrogens is 364 g/mol. The third-order valence-corrected chi connectivity index (χ3v) is 4.28. The van der Waals surface area contributed by atoms with Gasteiger partial charge in [0, 0.05) is 30.2 Å². The maximum atomic E-state index is 12.1. The van der Waals surface area contributed by atoms with E-state index >= 15 is 0 Å². The van der Waals surface area contributed by atoms with E-state index < -0.39 is 10.8 Å². The Kier molecular flexibility index (Phi) is 5.91. The summed E-state index contributed by atoms with van der Waals surface area (Å²) in [4.78, 5) is 31.1. The van der Waals surface area contributed by atoms with Crippen LogP contribution in [-0.2, 0) is 4.79 Å². The molecule has 0 radical (unpaired) electrons. The van der Waals surface area contributed by atoms with Crippen molar-refractivity contribution in [3.05, 3.63) is 88.7 Å². The lowest BCUT2D eigenvalue weighted by molar-refractivity contribution is -0.385. The third kappa shape index (κ3) is 5.23. The third-order valence-electron chi connectivity index (χ3n) is 3.40. The van der Waals surface area contributed by atoms with Crippen LogP contribution in [0.5, 0.6) is 0 Å². The summed E-state index contributed by atoms with van der Waals surface area (Å²) >= 11 is 1.38. The summed E-state index contributed by atoms with van der Waals surface area (Å²) in [6.45, 7) is 0. The number of aromatic nitrogens is 2. The van der Waals surface area contributed by atoms with Gasteiger partial charge < -0.3 is 5.32 Å². The number of pyridine rings is 2. The molecule has 0 aliphatic carbocycles. The maximum absolute atomic E-state index is 12.1. The Balaban J connectivity index is 1.68. The second kappa shape index (κ2) is 8.72. The zero-order chi connectivity index (χ0) is 19.1. The van der Waals surface area contributed by atoms with Gasteiger partial charge in [0.05, 0.1) is 10.5 Å². The van der Waals surface area contributed by atoms with Gasteiger partial charge in [-0.25, -0.2) is 9.97 Å². The zero-order valence-corrected chi connectivity index (χ0v) is 14.8. The Labute approximate surface area is 159 Å². The quantitative estimate of drug-likeness (QED) is 0.392. The van der Waals surface area contributed by atoms with E-state index in [1.54, 1.807) is 42.7 Å². The Hall–Kier alpha value is -3.52. The summed E-state index contributed by atoms with van der Waals surface area (Å²) < 4.78 is 0. The lowest BCUT2D eigenvalue weighted by atomic mass is 10.1. The van der Waals surface area contributed by atoms with Crippen molar-refractivity contribution >= 4 is 35.1 Å². The number of benzene rings is 1. The fourth-order valence-corrected chi connectivity index (χ4v) is 2.98. The predicted octanol–water partition coefficient (Wildman–Crippen LogP) is 4.19. The van der Waals surface area contributed by atoms with E-state index in [4.69, 9.17) is 0 Å². The fourth-order valence-electron chi connectivity index (χ4n) is 2.20. The maximum Gasteiger partial charge on any atom is 0.276 e. The van der Waals surface area contributed by atoms with E-state index in [2.05, 4.69) is 15.3 Å². The van der Waals surface area contributed by atoms with Crippen molar-refractivity contribution in [3.63, 3.8) is 0 Å². The van der Waals surface area contributed by atoms with E-state index in [0.717, 1.165) is 5.03 Å². The molecule has 0 saturated carbocycles. The number of carbonyl (C=O) groups is 1. The first-order chi connectivity index (χ1) is 13.1. The number of rotatable bonds is 6. The number of nitro groups is 1. The van der Waals surface area contributed by atoms with Gasteiger partial charge in [0.15, 0.2) is 0 Å². The van der Waals surface area contributed by atoms with Gasteiger partial charge in [-0.2, -0.15) is 0 Å². The average molecular weight is 378 g/mol. The molecule has 0 aliphatic heterocycles. The molecule has 0 bridgehead atoms. The number of carbonyl (C=O) groups excluding carboxylic acids is 1. The van der Waals surface area contributed by atoms with Crippen LogP contribution in [0, 0.1) is 10.1 Å². The molecule has 1 N–H and O–H groups in total. The van der Waals surface area contributed by atoms with Crippen molar-refractivity contribution in [1.29, 1.82) is 0 Å². The average Bonchev–Trinajstić information content (AvgIpc) is 2.67. The SMILES string of the molecule is O=C(/C=C/c1ccccc1[N+](=O)[O-])Nc1ccnc(Sc2ccccn2)c1. The lowest BCUT2D eigenvalue weighted by Crippen LogP contribution is -2.08. The summed E-state index contributed by atoms with van der Waals surface area (Å²) in [5, 5.41) is 15.2. The number of hydrogen-bond acceptors (Lipinski definition) is 6. The monoisotopic (exact) mass is 378 g/mol. The number of nitro benzene ring substituents is 1. The Bertz CT molecular complexity index is 993. The van der Waals surface area contributed by atoms with Crippen molar-refractivity contribution in [3.8, 4) is 0 Å². The van der Waals surface area contributed by atoms with Crippen molar-refractivity contribution in [2.45, 2.75) is 10.1 Å². The van der Waals surface area contributed by atoms with Gasteiger partial charge in [-0.05, 0) is 36.4 Å². The highest BCUT2D eigenvalue weighted by Gasteiger charge is 2.10. The zero-order valence-electron chi connectivity index (χ0n) is 14.0. The second-order valence-corrected chi connectivity index (χ2v) is 6.33. The van der Waals surface area contributed by atoms with Crippen LogP contribution >= 0.6 is 11.8 Å². The first-order valence-corrected chi connectivity index (χ1v) is 8.71. The van der Waals surface area contributed by atoms with Gasteiger partial charge in [-0.15, -0.1) is 0 Å². The van der Waals surface area contributed by atoms with Gasteiger partial charge in [0.1, 0.15) is 10.1 Å². The molecule has 1 aromatic carbocycles. The molecule has 0 aliphatic rings. The van der Waals surface area contributed by atoms with Gasteiger partial charge in [0.25, 0.3) is 5.69 Å². The molecule has 3 rings (SSSR count). The van der Waals surface area contributed by atoms with Crippen molar-refractivity contribution < 1.29 is 9.72 Å². The molecule has 0 unspecified atom stereocenters. The van der Waals surface area contributed by atoms with E-state index in [1.807, 2.05) is 18.2 Å². The van der Waals surface area contributed by atoms with Gasteiger partial charge in [-0.1, -0.05) is 30.0 Å². The van der Waals surface area contributed by atoms with E-state index in [-0.39, 0.29) is 5.69 Å². The number of nitrogens with zero attached hydrogens (tertiary/aromatic N) is 3. The largest absolute Gasteiger partial charge is 0.322 e. The molecule has 134 valence electrons. The Morgan fingerprint density at radius 3 is 2.59 bits per heavy atom. The van der Waals surface area contributed by atoms with Crippen LogP contribution in [0.1, 0.15) is 5.56 Å². The molecule has 0 saturated heterocycles. The van der Waals surface area contributed by atoms with E-state index in [0.29, 0.717) is 16.3 Å². The molecule has 27 heavy (non-hydrogen) atoms. The van der Waals surface area contributed by atoms with Crippen LogP contribution in [0.15, 0.2) is 83.1 Å². The van der Waals surface area contributed by atoms with Crippen molar-refractivity contribution in [2.75, 3.05) is 5.32 Å². The van der Waals surface area contributed by atoms with Crippen LogP contribution < -0.4 is 5.32 Å². The van der Waals surface area contributed by atoms with Gasteiger partial charge >= 0.3 is 0 Å². The number of hydrogen-bond donors (Lipinski definition) is 1. The minimum Gasteiger partial charge on any atom is -0.322 e. The van der Waals surface area contributed by atoms with Crippen LogP contribution in [-0.4, -0.2) is 20.8 Å². The summed E-state index contributed by atoms with van der Waals surface area (Å²) in [7, 11) is 0. The van der Waals surface area contributed by atoms with Crippen LogP contribution in [0.4, 0.5) is 11.4 Å². The minimum absolute atomic E-state index is 0.0560. The molecule has 0 fully saturated rings. The topological polar surface area (TPSA) is 98.0 Å². The summed E-state index contributed by atoms with van der Waals surface area (Å²) in [6.07, 6.45) is 5.96. The standard InChI is InChI=1S/C19H14N4O3S/c24-17(9-8-14-5-1-2-6-16(14)23(25)26)22-15-10-12-21-19(13-15)27-18-7-3-4-11-20-18/h1-13H,(H,21,22,24)/b9-8+. The summed E-state index contributed by atoms with van der Waals surface area (Å²) in [5.74, 6) is -0.395. The highest BCUT2D eigenvalue weighted by molar-refractivity contribution is 7.99. The molecule has 1 amide bonds. The smallest absolute Gasteiger partial charge is 0.276 e. The van der Waals surface area contributed by atoms with E-state index in [1.165, 1.54) is 30.0 Å². The summed E-state index contributed by atoms with van der Waals surface area (Å²) in [6, 6.07) is 15.2. The van der Waals surface area contributed by atoms with Crippen LogP contribution in [0.25, 0.3) is 6.08 Å². The van der Waals surface area contributed by atoms with E-state index in [9.17, 15) is 14.9 Å². The van der Waals surface area contributed by atoms with Crippen LogP contribution in [0.2, 0.25) is 0 Å². The molecular formula is C19H14N4O3S. The normalized spacial score (nSPS) is 10.7. The fraction of sp³-hybridized carbons (Fsp3) is 0. The summed E-state index contributed by atoms with van der Waals surface area (Å²) in [5.41, 5.74) is 0.874. The lowest BCUT2D eigenvalue weighted by Gasteiger charge is -2.04. The van der Waals surface area contributed by atoms with Crippen molar-refractivity contribution in [1.82, 2.24) is 9.97 Å². The molecule has 2 heterocycles. The number of amides is 1. The number of para-hydroxylation sites is 1. The van der Waals surface area contributed by atoms with Crippen LogP contribution in [0.3, 0.4) is 0 Å². The molecule has 0 atom stereocenters. The first kappa shape index (κ1) is 18.3. The molecule has 7 nitrogen and oxygen atoms in total. The van der Waals surface area contributed by atoms with Crippen molar-refractivity contribution in [2.24, 2.45) is 0 Å². The molecule has 3 aromatic rings. The molecule has 0 spiro atoms. The Morgan fingerprint density at radius 1 is 1.04 bits per heavy atom. The second-order valence-electron chi connectivity index (χ2n) is 5.29. The first-order valence-electron chi connectivity index (χ1n) is 7.89. The Morgan fingerprint density at radius 2 is 1.81 bits per heavy atom. The minimum atomic E-state index is -0.485. The predicted molar refractivity (Wildman–Crippen MR) is 103 cm³/mol. The highest BCUT2D eigenvalue weighted by atomic mass is 32.2. The molecule has 8 heteroatoms. The highest BCUT2D eigenvalue weighted by Crippen LogP contribution is 2.25. The van der Waals surface area contributed by atoms with Gasteiger partial charge in [0.2, 0.25) is 5.91 Å². The van der Waals surface area contributed by atoms with Gasteiger partial charge in [-0.3, -0.25) is 14.9 Å². The number of nitrogens with one attached hydrogen (secondary N) is 1.